The third-order valence-electron chi connectivity index (χ3n) is 0.611. The molecule has 0 radical (unpaired) electrons. The van der Waals surface area contributed by atoms with Gasteiger partial charge in [-0.3, -0.25) is 0 Å². The molecule has 0 amide bonds. The summed E-state index contributed by atoms with van der Waals surface area (Å²) in [4.78, 5) is 4.33. The lowest BCUT2D eigenvalue weighted by Gasteiger charge is -1.92. The van der Waals surface area contributed by atoms with E-state index < -0.39 is 0 Å². The van der Waals surface area contributed by atoms with Crippen LogP contribution >= 0.6 is 11.8 Å². The van der Waals surface area contributed by atoms with E-state index in [-0.39, 0.29) is 0 Å². The van der Waals surface area contributed by atoms with Crippen LogP contribution in [0.5, 0.6) is 0 Å². The average Bonchev–Trinajstić information content (AvgIpc) is 1.69. The Labute approximate surface area is 48.4 Å². The van der Waals surface area contributed by atoms with E-state index in [2.05, 4.69) is 11.1 Å². The predicted molar refractivity (Wildman–Crippen MR) is 33.1 cm³/mol. The fraction of sp³-hybridized carbons (Fsp3) is 1.00. The molecule has 0 atom stereocenters. The quantitative estimate of drug-likeness (QED) is 0.437. The highest BCUT2D eigenvalue weighted by Gasteiger charge is 1.80. The lowest BCUT2D eigenvalue weighted by Crippen LogP contribution is -2.00. The number of hydrogen-bond acceptors (Lipinski definition) is 3. The fourth-order valence-electron chi connectivity index (χ4n) is 0.287. The fourth-order valence-corrected chi connectivity index (χ4v) is 0.693. The summed E-state index contributed by atoms with van der Waals surface area (Å²) in [5.41, 5.74) is 0. The van der Waals surface area contributed by atoms with Crippen LogP contribution in [0.25, 0.3) is 0 Å². The zero-order valence-electron chi connectivity index (χ0n) is 4.52. The zero-order chi connectivity index (χ0) is 5.54. The van der Waals surface area contributed by atoms with Crippen molar-refractivity contribution >= 4 is 11.8 Å². The summed E-state index contributed by atoms with van der Waals surface area (Å²) in [7, 11) is 0. The first-order valence-electron chi connectivity index (χ1n) is 2.22. The third-order valence-corrected chi connectivity index (χ3v) is 1.31. The second-order valence-electron chi connectivity index (χ2n) is 1.22. The van der Waals surface area contributed by atoms with Crippen molar-refractivity contribution in [1.29, 1.82) is 0 Å². The van der Waals surface area contributed by atoms with Crippen molar-refractivity contribution in [2.45, 2.75) is 6.42 Å². The summed E-state index contributed by atoms with van der Waals surface area (Å²) < 4.78 is 0. The Bertz CT molecular complexity index is 30.9. The van der Waals surface area contributed by atoms with Crippen LogP contribution < -0.4 is 5.90 Å². The normalized spacial score (nSPS) is 9.43. The lowest BCUT2D eigenvalue weighted by atomic mass is 10.5. The summed E-state index contributed by atoms with van der Waals surface area (Å²) in [6, 6.07) is 0. The Morgan fingerprint density at radius 1 is 1.71 bits per heavy atom. The van der Waals surface area contributed by atoms with E-state index in [1.807, 2.05) is 0 Å². The molecule has 0 spiro atoms. The van der Waals surface area contributed by atoms with Crippen LogP contribution in [0.2, 0.25) is 0 Å². The van der Waals surface area contributed by atoms with Gasteiger partial charge in [0.15, 0.2) is 0 Å². The van der Waals surface area contributed by atoms with Crippen LogP contribution in [0.4, 0.5) is 0 Å². The highest BCUT2D eigenvalue weighted by atomic mass is 32.2. The largest absolute Gasteiger partial charge is 0.305 e. The van der Waals surface area contributed by atoms with E-state index in [1.54, 1.807) is 11.8 Å². The number of hydrogen-bond donors (Lipinski definition) is 1. The van der Waals surface area contributed by atoms with Crippen molar-refractivity contribution in [3.8, 4) is 0 Å². The molecule has 0 aromatic rings. The first-order valence-corrected chi connectivity index (χ1v) is 3.62. The SMILES string of the molecule is CSCCCON. The molecule has 7 heavy (non-hydrogen) atoms. The van der Waals surface area contributed by atoms with Crippen LogP contribution in [0.15, 0.2) is 0 Å². The minimum atomic E-state index is 0.681. The van der Waals surface area contributed by atoms with Crippen molar-refractivity contribution < 1.29 is 4.84 Å². The molecule has 0 fully saturated rings. The molecular formula is C4H11NOS. The first kappa shape index (κ1) is 7.27. The van der Waals surface area contributed by atoms with Gasteiger partial charge in [-0.05, 0) is 18.4 Å². The summed E-state index contributed by atoms with van der Waals surface area (Å²) in [5, 5.41) is 0. The van der Waals surface area contributed by atoms with Gasteiger partial charge in [0.1, 0.15) is 0 Å². The van der Waals surface area contributed by atoms with Crippen molar-refractivity contribution in [3.63, 3.8) is 0 Å². The van der Waals surface area contributed by atoms with E-state index in [0.29, 0.717) is 6.61 Å². The summed E-state index contributed by atoms with van der Waals surface area (Å²) in [6.45, 7) is 0.681. The maximum Gasteiger partial charge on any atom is 0.0687 e. The number of rotatable bonds is 4. The second kappa shape index (κ2) is 6.27. The van der Waals surface area contributed by atoms with Gasteiger partial charge in [0.2, 0.25) is 0 Å². The van der Waals surface area contributed by atoms with Crippen LogP contribution in [0, 0.1) is 0 Å². The third kappa shape index (κ3) is 6.27. The van der Waals surface area contributed by atoms with Crippen LogP contribution in [-0.2, 0) is 4.84 Å². The van der Waals surface area contributed by atoms with Crippen LogP contribution in [0.3, 0.4) is 0 Å². The average molecular weight is 121 g/mol. The highest BCUT2D eigenvalue weighted by molar-refractivity contribution is 7.98. The molecule has 3 heteroatoms. The van der Waals surface area contributed by atoms with Crippen molar-refractivity contribution in [2.75, 3.05) is 18.6 Å². The maximum absolute atomic E-state index is 4.76. The molecule has 0 aliphatic heterocycles. The molecule has 0 heterocycles. The van der Waals surface area contributed by atoms with E-state index in [0.717, 1.165) is 12.2 Å². The molecule has 0 saturated carbocycles. The van der Waals surface area contributed by atoms with E-state index in [4.69, 9.17) is 5.90 Å². The topological polar surface area (TPSA) is 35.2 Å². The smallest absolute Gasteiger partial charge is 0.0687 e. The summed E-state index contributed by atoms with van der Waals surface area (Å²) in [6.07, 6.45) is 3.12. The summed E-state index contributed by atoms with van der Waals surface area (Å²) >= 11 is 1.81. The number of thioether (sulfide) groups is 1. The van der Waals surface area contributed by atoms with E-state index in [9.17, 15) is 0 Å². The molecule has 2 nitrogen and oxygen atoms in total. The molecule has 0 aromatic carbocycles. The van der Waals surface area contributed by atoms with Crippen LogP contribution in [-0.4, -0.2) is 18.6 Å². The first-order chi connectivity index (χ1) is 3.41. The Kier molecular flexibility index (Phi) is 6.51. The second-order valence-corrected chi connectivity index (χ2v) is 2.20. The van der Waals surface area contributed by atoms with Crippen molar-refractivity contribution in [2.24, 2.45) is 5.90 Å². The molecular weight excluding hydrogens is 110 g/mol. The van der Waals surface area contributed by atoms with Gasteiger partial charge in [0.05, 0.1) is 6.61 Å². The monoisotopic (exact) mass is 121 g/mol. The van der Waals surface area contributed by atoms with Crippen LogP contribution in [0.1, 0.15) is 6.42 Å². The van der Waals surface area contributed by atoms with E-state index in [1.165, 1.54) is 0 Å². The van der Waals surface area contributed by atoms with Gasteiger partial charge < -0.3 is 4.84 Å². The molecule has 44 valence electrons. The zero-order valence-corrected chi connectivity index (χ0v) is 5.33. The van der Waals surface area contributed by atoms with Crippen molar-refractivity contribution in [1.82, 2.24) is 0 Å². The predicted octanol–water partition coefficient (Wildman–Crippen LogP) is 0.630. The Balaban J connectivity index is 2.45. The maximum atomic E-state index is 4.76. The Hall–Kier alpha value is 0.270. The minimum absolute atomic E-state index is 0.681. The van der Waals surface area contributed by atoms with Gasteiger partial charge >= 0.3 is 0 Å². The highest BCUT2D eigenvalue weighted by Crippen LogP contribution is 1.93. The van der Waals surface area contributed by atoms with Gasteiger partial charge in [-0.1, -0.05) is 0 Å². The molecule has 0 rings (SSSR count). The van der Waals surface area contributed by atoms with E-state index >= 15 is 0 Å². The molecule has 0 aromatic heterocycles. The Morgan fingerprint density at radius 3 is 2.86 bits per heavy atom. The van der Waals surface area contributed by atoms with Gasteiger partial charge in [-0.25, -0.2) is 5.90 Å². The molecule has 0 saturated heterocycles. The van der Waals surface area contributed by atoms with Gasteiger partial charge in [0.25, 0.3) is 0 Å². The standard InChI is InChI=1S/C4H11NOS/c1-7-4-2-3-6-5/h2-5H2,1H3. The van der Waals surface area contributed by atoms with Gasteiger partial charge in [0, 0.05) is 0 Å². The van der Waals surface area contributed by atoms with Gasteiger partial charge in [-0.15, -0.1) is 0 Å². The molecule has 2 N–H and O–H groups in total. The minimum Gasteiger partial charge on any atom is -0.305 e. The van der Waals surface area contributed by atoms with Gasteiger partial charge in [-0.2, -0.15) is 11.8 Å². The summed E-state index contributed by atoms with van der Waals surface area (Å²) in [5.74, 6) is 5.90. The lowest BCUT2D eigenvalue weighted by molar-refractivity contribution is 0.139. The number of nitrogens with two attached hydrogens (primary N) is 1. The molecule has 0 bridgehead atoms. The molecule has 0 unspecified atom stereocenters. The Morgan fingerprint density at radius 2 is 2.43 bits per heavy atom. The molecule has 0 aliphatic rings. The van der Waals surface area contributed by atoms with Crippen molar-refractivity contribution in [3.05, 3.63) is 0 Å². The molecule has 0 aliphatic carbocycles.